The van der Waals surface area contributed by atoms with Gasteiger partial charge in [-0.3, -0.25) is 4.79 Å². The van der Waals surface area contributed by atoms with E-state index in [9.17, 15) is 13.6 Å². The Labute approximate surface area is 82.7 Å². The van der Waals surface area contributed by atoms with Crippen LogP contribution >= 0.6 is 0 Å². The molecule has 0 N–H and O–H groups in total. The van der Waals surface area contributed by atoms with Crippen LogP contribution in [0.25, 0.3) is 0 Å². The molecule has 0 aliphatic carbocycles. The Morgan fingerprint density at radius 1 is 1.64 bits per heavy atom. The molecule has 1 heterocycles. The van der Waals surface area contributed by atoms with Crippen LogP contribution in [0.1, 0.15) is 6.42 Å². The molecule has 1 aliphatic heterocycles. The second kappa shape index (κ2) is 4.68. The van der Waals surface area contributed by atoms with E-state index in [2.05, 4.69) is 4.90 Å². The smallest absolute Gasteiger partial charge is 0.315 e. The van der Waals surface area contributed by atoms with Gasteiger partial charge in [-0.15, -0.1) is 0 Å². The molecule has 1 aliphatic rings. The van der Waals surface area contributed by atoms with Crippen molar-refractivity contribution in [2.75, 3.05) is 33.7 Å². The van der Waals surface area contributed by atoms with Gasteiger partial charge >= 0.3 is 6.43 Å². The van der Waals surface area contributed by atoms with Gasteiger partial charge in [0.1, 0.15) is 0 Å². The summed E-state index contributed by atoms with van der Waals surface area (Å²) in [7, 11) is 3.43. The van der Waals surface area contributed by atoms with Crippen LogP contribution in [-0.2, 0) is 4.79 Å². The predicted octanol–water partition coefficient (Wildman–Crippen LogP) is 0.662. The third-order valence-corrected chi connectivity index (χ3v) is 2.58. The summed E-state index contributed by atoms with van der Waals surface area (Å²) < 4.78 is 24.1. The Balaban J connectivity index is 2.33. The highest BCUT2D eigenvalue weighted by Crippen LogP contribution is 2.15. The van der Waals surface area contributed by atoms with Gasteiger partial charge in [-0.2, -0.15) is 8.78 Å². The lowest BCUT2D eigenvalue weighted by molar-refractivity contribution is -0.141. The largest absolute Gasteiger partial charge is 0.340 e. The maximum absolute atomic E-state index is 12.0. The topological polar surface area (TPSA) is 23.6 Å². The van der Waals surface area contributed by atoms with Crippen molar-refractivity contribution < 1.29 is 13.6 Å². The summed E-state index contributed by atoms with van der Waals surface area (Å²) in [5, 5.41) is 0. The fourth-order valence-electron chi connectivity index (χ4n) is 1.82. The summed E-state index contributed by atoms with van der Waals surface area (Å²) in [5.74, 6) is -0.729. The molecule has 0 aromatic carbocycles. The summed E-state index contributed by atoms with van der Waals surface area (Å²) >= 11 is 0. The van der Waals surface area contributed by atoms with Gasteiger partial charge in [0.15, 0.2) is 0 Å². The lowest BCUT2D eigenvalue weighted by atomic mass is 10.1. The molecule has 1 saturated heterocycles. The zero-order chi connectivity index (χ0) is 10.7. The number of hydrogen-bond acceptors (Lipinski definition) is 2. The van der Waals surface area contributed by atoms with Crippen LogP contribution in [0.5, 0.6) is 0 Å². The van der Waals surface area contributed by atoms with Gasteiger partial charge in [0.25, 0.3) is 5.91 Å². The fourth-order valence-corrected chi connectivity index (χ4v) is 1.82. The Morgan fingerprint density at radius 2 is 2.29 bits per heavy atom. The highest BCUT2D eigenvalue weighted by molar-refractivity contribution is 5.79. The Kier molecular flexibility index (Phi) is 3.80. The van der Waals surface area contributed by atoms with E-state index in [0.29, 0.717) is 12.5 Å². The number of alkyl halides is 2. The second-order valence-corrected chi connectivity index (χ2v) is 3.94. The van der Waals surface area contributed by atoms with Gasteiger partial charge in [0.05, 0.1) is 0 Å². The van der Waals surface area contributed by atoms with Gasteiger partial charge in [-0.25, -0.2) is 0 Å². The molecule has 0 aromatic rings. The van der Waals surface area contributed by atoms with Crippen molar-refractivity contribution in [2.24, 2.45) is 5.92 Å². The van der Waals surface area contributed by atoms with E-state index < -0.39 is 12.3 Å². The number of halogens is 2. The van der Waals surface area contributed by atoms with Gasteiger partial charge < -0.3 is 9.80 Å². The summed E-state index contributed by atoms with van der Waals surface area (Å²) in [6, 6.07) is 0. The molecule has 1 unspecified atom stereocenters. The number of likely N-dealkylation sites (tertiary alicyclic amines) is 1. The first-order valence-electron chi connectivity index (χ1n) is 4.72. The first-order chi connectivity index (χ1) is 6.50. The minimum Gasteiger partial charge on any atom is -0.340 e. The zero-order valence-corrected chi connectivity index (χ0v) is 8.54. The van der Waals surface area contributed by atoms with Gasteiger partial charge in [-0.1, -0.05) is 0 Å². The summed E-state index contributed by atoms with van der Waals surface area (Å²) in [4.78, 5) is 14.2. The van der Waals surface area contributed by atoms with E-state index in [0.717, 1.165) is 24.4 Å². The SMILES string of the molecule is CN1CCC(CN(C)C(=O)C(F)F)C1. The van der Waals surface area contributed by atoms with E-state index in [-0.39, 0.29) is 0 Å². The maximum atomic E-state index is 12.0. The van der Waals surface area contributed by atoms with Crippen molar-refractivity contribution in [3.8, 4) is 0 Å². The van der Waals surface area contributed by atoms with Crippen molar-refractivity contribution in [2.45, 2.75) is 12.8 Å². The quantitative estimate of drug-likeness (QED) is 0.677. The van der Waals surface area contributed by atoms with Crippen LogP contribution < -0.4 is 0 Å². The zero-order valence-electron chi connectivity index (χ0n) is 8.54. The molecule has 3 nitrogen and oxygen atoms in total. The molecule has 14 heavy (non-hydrogen) atoms. The highest BCUT2D eigenvalue weighted by atomic mass is 19.3. The number of amides is 1. The number of carbonyl (C=O) groups excluding carboxylic acids is 1. The van der Waals surface area contributed by atoms with Gasteiger partial charge in [0, 0.05) is 20.1 Å². The number of nitrogens with zero attached hydrogens (tertiary/aromatic N) is 2. The number of hydrogen-bond donors (Lipinski definition) is 0. The van der Waals surface area contributed by atoms with Gasteiger partial charge in [0.2, 0.25) is 0 Å². The molecule has 0 radical (unpaired) electrons. The van der Waals surface area contributed by atoms with Crippen LogP contribution in [-0.4, -0.2) is 55.9 Å². The van der Waals surface area contributed by atoms with E-state index in [1.54, 1.807) is 0 Å². The van der Waals surface area contributed by atoms with E-state index in [1.807, 2.05) is 7.05 Å². The van der Waals surface area contributed by atoms with E-state index >= 15 is 0 Å². The molecule has 0 saturated carbocycles. The van der Waals surface area contributed by atoms with Crippen LogP contribution in [0, 0.1) is 5.92 Å². The molecule has 1 amide bonds. The third-order valence-electron chi connectivity index (χ3n) is 2.58. The Morgan fingerprint density at radius 3 is 2.71 bits per heavy atom. The van der Waals surface area contributed by atoms with Crippen molar-refractivity contribution >= 4 is 5.91 Å². The minimum atomic E-state index is -2.88. The maximum Gasteiger partial charge on any atom is 0.315 e. The Hall–Kier alpha value is -0.710. The monoisotopic (exact) mass is 206 g/mol. The molecule has 1 fully saturated rings. The van der Waals surface area contributed by atoms with Crippen LogP contribution in [0.15, 0.2) is 0 Å². The second-order valence-electron chi connectivity index (χ2n) is 3.94. The molecule has 82 valence electrons. The fraction of sp³-hybridized carbons (Fsp3) is 0.889. The lowest BCUT2D eigenvalue weighted by Gasteiger charge is -2.20. The molecular formula is C9H16F2N2O. The first-order valence-corrected chi connectivity index (χ1v) is 4.72. The van der Waals surface area contributed by atoms with Crippen molar-refractivity contribution in [1.82, 2.24) is 9.80 Å². The molecule has 0 aromatic heterocycles. The summed E-state index contributed by atoms with van der Waals surface area (Å²) in [6.07, 6.45) is -1.89. The normalized spacial score (nSPS) is 23.1. The minimum absolute atomic E-state index is 0.340. The van der Waals surface area contributed by atoms with Crippen molar-refractivity contribution in [3.05, 3.63) is 0 Å². The lowest BCUT2D eigenvalue weighted by Crippen LogP contribution is -2.36. The third kappa shape index (κ3) is 2.90. The van der Waals surface area contributed by atoms with Crippen LogP contribution in [0.4, 0.5) is 8.78 Å². The van der Waals surface area contributed by atoms with Crippen molar-refractivity contribution in [1.29, 1.82) is 0 Å². The summed E-state index contributed by atoms with van der Waals surface area (Å²) in [5.41, 5.74) is 0. The first kappa shape index (κ1) is 11.4. The van der Waals surface area contributed by atoms with Crippen LogP contribution in [0.2, 0.25) is 0 Å². The molecule has 0 bridgehead atoms. The van der Waals surface area contributed by atoms with Crippen molar-refractivity contribution in [3.63, 3.8) is 0 Å². The van der Waals surface area contributed by atoms with E-state index in [4.69, 9.17) is 0 Å². The van der Waals surface area contributed by atoms with Gasteiger partial charge in [-0.05, 0) is 25.9 Å². The molecule has 0 spiro atoms. The molecule has 5 heteroatoms. The molecule has 1 atom stereocenters. The standard InChI is InChI=1S/C9H16F2N2O/c1-12-4-3-7(5-12)6-13(2)9(14)8(10)11/h7-8H,3-6H2,1-2H3. The molecule has 1 rings (SSSR count). The average molecular weight is 206 g/mol. The summed E-state index contributed by atoms with van der Waals surface area (Å²) in [6.45, 7) is 2.32. The highest BCUT2D eigenvalue weighted by Gasteiger charge is 2.25. The molecular weight excluding hydrogens is 190 g/mol. The Bertz CT molecular complexity index is 211. The number of rotatable bonds is 3. The van der Waals surface area contributed by atoms with E-state index in [1.165, 1.54) is 7.05 Å². The average Bonchev–Trinajstić information content (AvgIpc) is 2.49. The van der Waals surface area contributed by atoms with Crippen LogP contribution in [0.3, 0.4) is 0 Å². The number of carbonyl (C=O) groups is 1. The predicted molar refractivity (Wildman–Crippen MR) is 49.2 cm³/mol.